The van der Waals surface area contributed by atoms with Crippen molar-refractivity contribution in [2.75, 3.05) is 17.2 Å². The lowest BCUT2D eigenvalue weighted by Crippen LogP contribution is -2.05. The molecule has 0 aliphatic rings. The molecule has 0 amide bonds. The number of thioether (sulfide) groups is 1. The Hall–Kier alpha value is -2.02. The second-order valence-electron chi connectivity index (χ2n) is 3.30. The van der Waals surface area contributed by atoms with E-state index in [1.165, 1.54) is 17.8 Å². The summed E-state index contributed by atoms with van der Waals surface area (Å²) in [4.78, 5) is 22.5. The molecule has 2 aromatic heterocycles. The fourth-order valence-electron chi connectivity index (χ4n) is 1.24. The number of carbonyl (C=O) groups is 1. The molecule has 0 unspecified atom stereocenters. The molecule has 0 aliphatic heterocycles. The summed E-state index contributed by atoms with van der Waals surface area (Å²) in [6.45, 7) is 0. The molecule has 6 nitrogen and oxygen atoms in total. The van der Waals surface area contributed by atoms with E-state index < -0.39 is 0 Å². The van der Waals surface area contributed by atoms with Gasteiger partial charge in [-0.05, 0) is 12.1 Å². The highest BCUT2D eigenvalue weighted by atomic mass is 32.2. The van der Waals surface area contributed by atoms with Gasteiger partial charge in [0.2, 0.25) is 0 Å². The summed E-state index contributed by atoms with van der Waals surface area (Å²) < 4.78 is 0. The Labute approximate surface area is 102 Å². The zero-order chi connectivity index (χ0) is 12.3. The van der Waals surface area contributed by atoms with Gasteiger partial charge >= 0.3 is 0 Å². The molecule has 7 heteroatoms. The van der Waals surface area contributed by atoms with Crippen molar-refractivity contribution in [2.24, 2.45) is 0 Å². The minimum atomic E-state index is -0.0235. The van der Waals surface area contributed by atoms with Crippen LogP contribution in [0.3, 0.4) is 0 Å². The van der Waals surface area contributed by atoms with E-state index in [0.717, 1.165) is 0 Å². The van der Waals surface area contributed by atoms with Crippen molar-refractivity contribution in [2.45, 2.75) is 5.16 Å². The van der Waals surface area contributed by atoms with Gasteiger partial charge in [0.05, 0.1) is 11.4 Å². The van der Waals surface area contributed by atoms with Crippen molar-refractivity contribution in [3.8, 4) is 0 Å². The molecule has 0 spiro atoms. The summed E-state index contributed by atoms with van der Waals surface area (Å²) in [5.74, 6) is 0.813. The summed E-state index contributed by atoms with van der Waals surface area (Å²) in [7, 11) is 0. The molecule has 0 atom stereocenters. The molecule has 0 fully saturated rings. The predicted octanol–water partition coefficient (Wildman–Crippen LogP) is 0.944. The van der Waals surface area contributed by atoms with Crippen LogP contribution in [0.25, 0.3) is 0 Å². The molecule has 0 saturated carbocycles. The number of nitrogens with one attached hydrogen (secondary N) is 1. The highest BCUT2D eigenvalue weighted by Gasteiger charge is 2.09. The smallest absolute Gasteiger partial charge is 0.191 e. The number of aromatic nitrogens is 3. The number of nitrogens with two attached hydrogens (primary N) is 2. The zero-order valence-corrected chi connectivity index (χ0v) is 9.70. The number of H-pyrrole nitrogens is 1. The van der Waals surface area contributed by atoms with Gasteiger partial charge < -0.3 is 16.5 Å². The number of Topliss-reactive ketones (excluding diaryl/α,β-unsaturated/α-hetero) is 1. The first kappa shape index (κ1) is 11.5. The molecule has 0 bridgehead atoms. The summed E-state index contributed by atoms with van der Waals surface area (Å²) in [5.41, 5.74) is 11.6. The highest BCUT2D eigenvalue weighted by Crippen LogP contribution is 2.17. The molecule has 2 rings (SSSR count). The predicted molar refractivity (Wildman–Crippen MR) is 66.7 cm³/mol. The van der Waals surface area contributed by atoms with Gasteiger partial charge in [-0.1, -0.05) is 11.8 Å². The molecule has 0 aromatic carbocycles. The van der Waals surface area contributed by atoms with Crippen LogP contribution in [0, 0.1) is 0 Å². The van der Waals surface area contributed by atoms with Crippen LogP contribution in [0.15, 0.2) is 29.6 Å². The number of nitrogen functional groups attached to an aromatic ring is 2. The lowest BCUT2D eigenvalue weighted by molar-refractivity contribution is 0.101. The van der Waals surface area contributed by atoms with Gasteiger partial charge in [-0.25, -0.2) is 9.97 Å². The average Bonchev–Trinajstić information content (AvgIpc) is 2.78. The third kappa shape index (κ3) is 2.97. The van der Waals surface area contributed by atoms with Crippen molar-refractivity contribution in [1.82, 2.24) is 15.0 Å². The van der Waals surface area contributed by atoms with E-state index >= 15 is 0 Å². The Kier molecular flexibility index (Phi) is 3.29. The van der Waals surface area contributed by atoms with E-state index in [1.807, 2.05) is 0 Å². The second kappa shape index (κ2) is 4.88. The lowest BCUT2D eigenvalue weighted by Gasteiger charge is -2.01. The number of aromatic amines is 1. The summed E-state index contributed by atoms with van der Waals surface area (Å²) in [6.07, 6.45) is 1.70. The Morgan fingerprint density at radius 3 is 2.65 bits per heavy atom. The monoisotopic (exact) mass is 249 g/mol. The van der Waals surface area contributed by atoms with Crippen LogP contribution in [0.5, 0.6) is 0 Å². The van der Waals surface area contributed by atoms with E-state index in [1.54, 1.807) is 18.3 Å². The number of hydrogen-bond donors (Lipinski definition) is 3. The first-order valence-electron chi connectivity index (χ1n) is 4.84. The van der Waals surface area contributed by atoms with Crippen LogP contribution in [-0.4, -0.2) is 26.5 Å². The SMILES string of the molecule is Nc1cc(N)nc(SCC(=O)c2ccc[nH]2)n1. The number of carbonyl (C=O) groups excluding carboxylic acids is 1. The zero-order valence-electron chi connectivity index (χ0n) is 8.88. The largest absolute Gasteiger partial charge is 0.383 e. The van der Waals surface area contributed by atoms with Crippen LogP contribution in [0.2, 0.25) is 0 Å². The summed E-state index contributed by atoms with van der Waals surface area (Å²) in [6, 6.07) is 4.96. The Balaban J connectivity index is 2.00. The normalized spacial score (nSPS) is 10.4. The van der Waals surface area contributed by atoms with Gasteiger partial charge in [-0.3, -0.25) is 4.79 Å². The first-order valence-corrected chi connectivity index (χ1v) is 5.83. The minimum Gasteiger partial charge on any atom is -0.383 e. The van der Waals surface area contributed by atoms with Crippen LogP contribution < -0.4 is 11.5 Å². The Morgan fingerprint density at radius 1 is 1.35 bits per heavy atom. The van der Waals surface area contributed by atoms with Crippen molar-refractivity contribution in [3.05, 3.63) is 30.1 Å². The molecule has 2 aromatic rings. The van der Waals surface area contributed by atoms with Crippen LogP contribution in [0.4, 0.5) is 11.6 Å². The van der Waals surface area contributed by atoms with E-state index in [9.17, 15) is 4.79 Å². The Morgan fingerprint density at radius 2 is 2.06 bits per heavy atom. The van der Waals surface area contributed by atoms with Gasteiger partial charge in [-0.15, -0.1) is 0 Å². The van der Waals surface area contributed by atoms with Crippen LogP contribution in [-0.2, 0) is 0 Å². The maximum Gasteiger partial charge on any atom is 0.191 e. The average molecular weight is 249 g/mol. The number of rotatable bonds is 4. The molecule has 0 radical (unpaired) electrons. The maximum atomic E-state index is 11.7. The van der Waals surface area contributed by atoms with Crippen LogP contribution >= 0.6 is 11.8 Å². The molecule has 17 heavy (non-hydrogen) atoms. The summed E-state index contributed by atoms with van der Waals surface area (Å²) in [5, 5.41) is 0.405. The number of hydrogen-bond acceptors (Lipinski definition) is 6. The summed E-state index contributed by atoms with van der Waals surface area (Å²) >= 11 is 1.20. The van der Waals surface area contributed by atoms with E-state index in [0.29, 0.717) is 22.5 Å². The van der Waals surface area contributed by atoms with Crippen molar-refractivity contribution in [1.29, 1.82) is 0 Å². The van der Waals surface area contributed by atoms with E-state index in [-0.39, 0.29) is 11.5 Å². The fourth-order valence-corrected chi connectivity index (χ4v) is 1.99. The van der Waals surface area contributed by atoms with Gasteiger partial charge in [0, 0.05) is 12.3 Å². The third-order valence-electron chi connectivity index (χ3n) is 1.98. The molecule has 88 valence electrons. The topological polar surface area (TPSA) is 111 Å². The number of ketones is 1. The maximum absolute atomic E-state index is 11.7. The second-order valence-corrected chi connectivity index (χ2v) is 4.24. The number of anilines is 2. The Bertz CT molecular complexity index is 505. The first-order chi connectivity index (χ1) is 8.15. The quantitative estimate of drug-likeness (QED) is 0.422. The molecule has 2 heterocycles. The van der Waals surface area contributed by atoms with Crippen LogP contribution in [0.1, 0.15) is 10.5 Å². The minimum absolute atomic E-state index is 0.0235. The highest BCUT2D eigenvalue weighted by molar-refractivity contribution is 7.99. The van der Waals surface area contributed by atoms with Gasteiger partial charge in [0.15, 0.2) is 10.9 Å². The fraction of sp³-hybridized carbons (Fsp3) is 0.100. The standard InChI is InChI=1S/C10H11N5OS/c11-8-4-9(12)15-10(14-8)17-5-7(16)6-2-1-3-13-6/h1-4,13H,5H2,(H4,11,12,14,15). The van der Waals surface area contributed by atoms with Crippen molar-refractivity contribution < 1.29 is 4.79 Å². The van der Waals surface area contributed by atoms with E-state index in [4.69, 9.17) is 11.5 Å². The third-order valence-corrected chi connectivity index (χ3v) is 2.82. The number of nitrogens with zero attached hydrogens (tertiary/aromatic N) is 2. The molecule has 5 N–H and O–H groups in total. The van der Waals surface area contributed by atoms with Gasteiger partial charge in [0.1, 0.15) is 11.6 Å². The lowest BCUT2D eigenvalue weighted by atomic mass is 10.3. The van der Waals surface area contributed by atoms with E-state index in [2.05, 4.69) is 15.0 Å². The molecule has 0 aliphatic carbocycles. The molecular formula is C10H11N5OS. The molecule has 0 saturated heterocycles. The van der Waals surface area contributed by atoms with Crippen molar-refractivity contribution >= 4 is 29.2 Å². The van der Waals surface area contributed by atoms with Crippen molar-refractivity contribution in [3.63, 3.8) is 0 Å². The molecular weight excluding hydrogens is 238 g/mol. The van der Waals surface area contributed by atoms with Gasteiger partial charge in [0.25, 0.3) is 0 Å². The van der Waals surface area contributed by atoms with Gasteiger partial charge in [-0.2, -0.15) is 0 Å².